The van der Waals surface area contributed by atoms with E-state index in [-0.39, 0.29) is 11.7 Å². The number of hydrogen-bond donors (Lipinski definition) is 1. The van der Waals surface area contributed by atoms with Gasteiger partial charge >= 0.3 is 0 Å². The van der Waals surface area contributed by atoms with Crippen LogP contribution in [0.25, 0.3) is 0 Å². The van der Waals surface area contributed by atoms with E-state index in [1.807, 2.05) is 36.4 Å². The summed E-state index contributed by atoms with van der Waals surface area (Å²) in [5, 5.41) is 17.6. The van der Waals surface area contributed by atoms with Crippen LogP contribution in [0.15, 0.2) is 84.0 Å². The third-order valence-corrected chi connectivity index (χ3v) is 9.70. The first kappa shape index (κ1) is 32.0. The van der Waals surface area contributed by atoms with E-state index in [0.717, 1.165) is 73.0 Å². The molecule has 2 heterocycles. The Morgan fingerprint density at radius 3 is 1.68 bits per heavy atom. The highest BCUT2D eigenvalue weighted by atomic mass is 16.5. The monoisotopic (exact) mass is 631 g/mol. The molecule has 244 valence electrons. The molecule has 1 spiro atoms. The van der Waals surface area contributed by atoms with E-state index < -0.39 is 5.54 Å². The largest absolute Gasteiger partial charge is 0.507 e. The fourth-order valence-corrected chi connectivity index (χ4v) is 7.19. The number of phenols is 1. The van der Waals surface area contributed by atoms with Crippen LogP contribution in [0.4, 0.5) is 17.1 Å². The minimum Gasteiger partial charge on any atom is -0.507 e. The molecule has 0 unspecified atom stereocenters. The van der Waals surface area contributed by atoms with Crippen LogP contribution in [0, 0.1) is 0 Å². The van der Waals surface area contributed by atoms with Gasteiger partial charge in [-0.2, -0.15) is 5.10 Å². The van der Waals surface area contributed by atoms with Crippen molar-refractivity contribution < 1.29 is 14.6 Å². The lowest BCUT2D eigenvalue weighted by Crippen LogP contribution is -2.44. The molecule has 8 nitrogen and oxygen atoms in total. The van der Waals surface area contributed by atoms with Crippen LogP contribution >= 0.6 is 0 Å². The molecule has 0 radical (unpaired) electrons. The summed E-state index contributed by atoms with van der Waals surface area (Å²) in [7, 11) is 0. The van der Waals surface area contributed by atoms with Gasteiger partial charge in [-0.3, -0.25) is 4.79 Å². The molecule has 0 saturated heterocycles. The number of anilines is 3. The van der Waals surface area contributed by atoms with Gasteiger partial charge in [-0.15, -0.1) is 0 Å². The van der Waals surface area contributed by atoms with Crippen molar-refractivity contribution in [2.75, 3.05) is 54.0 Å². The van der Waals surface area contributed by atoms with Gasteiger partial charge in [0.25, 0.3) is 5.91 Å². The van der Waals surface area contributed by atoms with E-state index in [1.54, 1.807) is 17.3 Å². The van der Waals surface area contributed by atoms with Crippen molar-refractivity contribution in [2.45, 2.75) is 47.1 Å². The maximum absolute atomic E-state index is 14.4. The summed E-state index contributed by atoms with van der Waals surface area (Å²) in [6.07, 6.45) is 1.59. The minimum absolute atomic E-state index is 0.108. The van der Waals surface area contributed by atoms with Gasteiger partial charge in [-0.1, -0.05) is 30.3 Å². The number of amides is 1. The first-order valence-electron chi connectivity index (χ1n) is 16.9. The first-order valence-corrected chi connectivity index (χ1v) is 16.9. The zero-order chi connectivity index (χ0) is 33.3. The zero-order valence-electron chi connectivity index (χ0n) is 28.3. The molecule has 0 fully saturated rings. The van der Waals surface area contributed by atoms with E-state index in [9.17, 15) is 9.90 Å². The Kier molecular flexibility index (Phi) is 8.86. The first-order chi connectivity index (χ1) is 22.9. The molecule has 8 heteroatoms. The van der Waals surface area contributed by atoms with Crippen LogP contribution in [0.5, 0.6) is 17.2 Å². The van der Waals surface area contributed by atoms with Gasteiger partial charge in [-0.25, -0.2) is 5.01 Å². The zero-order valence-corrected chi connectivity index (χ0v) is 28.3. The van der Waals surface area contributed by atoms with Crippen molar-refractivity contribution >= 4 is 29.2 Å². The average Bonchev–Trinajstić information content (AvgIpc) is 3.33. The Hall–Kier alpha value is -4.98. The van der Waals surface area contributed by atoms with E-state index >= 15 is 0 Å². The highest BCUT2D eigenvalue weighted by molar-refractivity contribution is 6.03. The molecular weight excluding hydrogens is 586 g/mol. The molecule has 0 aliphatic carbocycles. The van der Waals surface area contributed by atoms with Crippen LogP contribution in [0.3, 0.4) is 0 Å². The fraction of sp³-hybridized carbons (Fsp3) is 0.333. The van der Waals surface area contributed by atoms with Crippen molar-refractivity contribution in [3.05, 3.63) is 107 Å². The summed E-state index contributed by atoms with van der Waals surface area (Å²) in [5.74, 6) is 1.27. The van der Waals surface area contributed by atoms with Gasteiger partial charge in [-0.05, 0) is 71.9 Å². The van der Waals surface area contributed by atoms with E-state index in [1.165, 1.54) is 0 Å². The molecule has 1 N–H and O–H groups in total. The molecule has 2 aliphatic heterocycles. The molecule has 0 saturated carbocycles. The standard InChI is InChI=1S/C39H45N5O3/c1-7-41(8-2)28-18-17-27(35(45)23-28)26-40-44-38(46)31-15-13-14-16-32(31)39(44)33-21-19-29(42(9-3)10-4)24-36(33)47-37-25-30(20-22-34(37)39)43(11-5)12-6/h13-26,45H,7-12H2,1-6H3/b40-26+. The molecule has 47 heavy (non-hydrogen) atoms. The molecular formula is C39H45N5O3. The van der Waals surface area contributed by atoms with Gasteiger partial charge < -0.3 is 24.5 Å². The van der Waals surface area contributed by atoms with Gasteiger partial charge in [0.05, 0.1) is 6.21 Å². The maximum atomic E-state index is 14.4. The molecule has 0 atom stereocenters. The number of carbonyl (C=O) groups excluding carboxylic acids is 1. The Morgan fingerprint density at radius 1 is 0.681 bits per heavy atom. The predicted molar refractivity (Wildman–Crippen MR) is 192 cm³/mol. The van der Waals surface area contributed by atoms with Gasteiger partial charge in [0.2, 0.25) is 0 Å². The second-order valence-electron chi connectivity index (χ2n) is 11.8. The van der Waals surface area contributed by atoms with Crippen molar-refractivity contribution in [3.8, 4) is 17.2 Å². The maximum Gasteiger partial charge on any atom is 0.275 e. The number of carbonyl (C=O) groups is 1. The van der Waals surface area contributed by atoms with Crippen molar-refractivity contribution in [3.63, 3.8) is 0 Å². The number of benzene rings is 4. The smallest absolute Gasteiger partial charge is 0.275 e. The number of nitrogens with zero attached hydrogens (tertiary/aromatic N) is 5. The number of hydrogen-bond acceptors (Lipinski definition) is 7. The highest BCUT2D eigenvalue weighted by Crippen LogP contribution is 2.58. The minimum atomic E-state index is -1.09. The Balaban J connectivity index is 1.58. The van der Waals surface area contributed by atoms with Crippen LogP contribution < -0.4 is 19.4 Å². The fourth-order valence-electron chi connectivity index (χ4n) is 7.19. The molecule has 2 aliphatic rings. The number of ether oxygens (including phenoxy) is 1. The number of rotatable bonds is 11. The molecule has 4 aromatic rings. The number of fused-ring (bicyclic) bond motifs is 6. The van der Waals surface area contributed by atoms with Crippen LogP contribution in [-0.2, 0) is 5.54 Å². The van der Waals surface area contributed by atoms with E-state index in [2.05, 4.69) is 92.6 Å². The predicted octanol–water partition coefficient (Wildman–Crippen LogP) is 7.82. The normalized spacial score (nSPS) is 14.2. The molecule has 6 rings (SSSR count). The lowest BCUT2D eigenvalue weighted by Gasteiger charge is -2.42. The molecule has 0 aromatic heterocycles. The van der Waals surface area contributed by atoms with Crippen LogP contribution in [0.1, 0.15) is 74.2 Å². The van der Waals surface area contributed by atoms with Gasteiger partial charge in [0.1, 0.15) is 22.8 Å². The summed E-state index contributed by atoms with van der Waals surface area (Å²) in [6, 6.07) is 25.9. The molecule has 0 bridgehead atoms. The molecule has 4 aromatic carbocycles. The SMILES string of the molecule is CCN(CC)c1ccc(/C=N/N2C(=O)c3ccccc3C23c2ccc(N(CC)CC)cc2Oc2cc(N(CC)CC)ccc23)c(O)c1. The topological polar surface area (TPSA) is 71.8 Å². The Bertz CT molecular complexity index is 1750. The second-order valence-corrected chi connectivity index (χ2v) is 11.8. The third kappa shape index (κ3) is 5.16. The Labute approximate surface area is 278 Å². The lowest BCUT2D eigenvalue weighted by molar-refractivity contribution is 0.0675. The quantitative estimate of drug-likeness (QED) is 0.170. The number of hydrazone groups is 1. The van der Waals surface area contributed by atoms with Crippen molar-refractivity contribution in [2.24, 2.45) is 5.10 Å². The summed E-state index contributed by atoms with van der Waals surface area (Å²) >= 11 is 0. The van der Waals surface area contributed by atoms with Crippen LogP contribution in [-0.4, -0.2) is 61.5 Å². The summed E-state index contributed by atoms with van der Waals surface area (Å²) in [5.41, 5.74) is 5.60. The Morgan fingerprint density at radius 2 is 1.17 bits per heavy atom. The highest BCUT2D eigenvalue weighted by Gasteiger charge is 2.57. The summed E-state index contributed by atoms with van der Waals surface area (Å²) in [6.45, 7) is 17.8. The van der Waals surface area contributed by atoms with E-state index in [4.69, 9.17) is 9.84 Å². The third-order valence-electron chi connectivity index (χ3n) is 9.70. The average molecular weight is 632 g/mol. The number of phenolic OH excluding ortho intramolecular Hbond substituents is 1. The summed E-state index contributed by atoms with van der Waals surface area (Å²) < 4.78 is 6.77. The second kappa shape index (κ2) is 13.0. The lowest BCUT2D eigenvalue weighted by atomic mass is 9.75. The van der Waals surface area contributed by atoms with Gasteiger partial charge in [0, 0.05) is 102 Å². The number of aromatic hydroxyl groups is 1. The van der Waals surface area contributed by atoms with E-state index in [0.29, 0.717) is 22.6 Å². The molecule has 1 amide bonds. The summed E-state index contributed by atoms with van der Waals surface area (Å²) in [4.78, 5) is 21.2. The van der Waals surface area contributed by atoms with Crippen molar-refractivity contribution in [1.82, 2.24) is 5.01 Å². The van der Waals surface area contributed by atoms with Crippen LogP contribution in [0.2, 0.25) is 0 Å². The van der Waals surface area contributed by atoms with Crippen molar-refractivity contribution in [1.29, 1.82) is 0 Å². The van der Waals surface area contributed by atoms with Gasteiger partial charge in [0.15, 0.2) is 0 Å².